The van der Waals surface area contributed by atoms with Gasteiger partial charge in [-0.05, 0) is 6.42 Å². The third-order valence-corrected chi connectivity index (χ3v) is 4.05. The Morgan fingerprint density at radius 3 is 2.45 bits per heavy atom. The fourth-order valence-electron chi connectivity index (χ4n) is 1.05. The molecule has 0 spiro atoms. The van der Waals surface area contributed by atoms with Crippen molar-refractivity contribution in [1.82, 2.24) is 4.31 Å². The lowest BCUT2D eigenvalue weighted by Gasteiger charge is -2.15. The van der Waals surface area contributed by atoms with Crippen molar-refractivity contribution < 1.29 is 13.2 Å². The van der Waals surface area contributed by atoms with Gasteiger partial charge in [0.05, 0.1) is 6.61 Å². The Kier molecular flexibility index (Phi) is 2.51. The second kappa shape index (κ2) is 3.08. The summed E-state index contributed by atoms with van der Waals surface area (Å²) in [6.07, 6.45) is 0.626. The Hall–Kier alpha value is -0.130. The molecular weight excluding hydrogens is 166 g/mol. The molecule has 0 aliphatic carbocycles. The third-order valence-electron chi connectivity index (χ3n) is 1.82. The van der Waals surface area contributed by atoms with Gasteiger partial charge in [-0.15, -0.1) is 0 Å². The third kappa shape index (κ3) is 1.72. The highest BCUT2D eigenvalue weighted by Gasteiger charge is 2.30. The van der Waals surface area contributed by atoms with E-state index in [2.05, 4.69) is 0 Å². The van der Waals surface area contributed by atoms with Gasteiger partial charge in [-0.3, -0.25) is 0 Å². The van der Waals surface area contributed by atoms with E-state index in [1.807, 2.05) is 0 Å². The SMILES string of the molecule is CN(C)S(=O)(=O)[C@H]1CCOC1. The lowest BCUT2D eigenvalue weighted by atomic mass is 10.4. The normalized spacial score (nSPS) is 26.3. The summed E-state index contributed by atoms with van der Waals surface area (Å²) >= 11 is 0. The predicted octanol–water partition coefficient (Wildman–Crippen LogP) is -0.333. The average molecular weight is 179 g/mol. The molecule has 0 aromatic carbocycles. The number of hydrogen-bond donors (Lipinski definition) is 0. The first-order chi connectivity index (χ1) is 5.05. The van der Waals surface area contributed by atoms with Crippen LogP contribution < -0.4 is 0 Å². The summed E-state index contributed by atoms with van der Waals surface area (Å²) in [5, 5.41) is -0.322. The van der Waals surface area contributed by atoms with E-state index in [0.717, 1.165) is 0 Å². The molecule has 0 saturated carbocycles. The second-order valence-corrected chi connectivity index (χ2v) is 5.24. The molecule has 66 valence electrons. The van der Waals surface area contributed by atoms with E-state index in [9.17, 15) is 8.42 Å². The highest BCUT2D eigenvalue weighted by molar-refractivity contribution is 7.89. The van der Waals surface area contributed by atoms with E-state index in [4.69, 9.17) is 4.74 Å². The van der Waals surface area contributed by atoms with Gasteiger partial charge in [0.1, 0.15) is 5.25 Å². The highest BCUT2D eigenvalue weighted by Crippen LogP contribution is 2.15. The molecular formula is C6H13NO3S. The molecule has 1 rings (SSSR count). The van der Waals surface area contributed by atoms with Crippen LogP contribution in [0.15, 0.2) is 0 Å². The molecule has 1 heterocycles. The summed E-state index contributed by atoms with van der Waals surface area (Å²) in [4.78, 5) is 0. The van der Waals surface area contributed by atoms with Crippen molar-refractivity contribution in [3.8, 4) is 0 Å². The molecule has 0 aromatic rings. The lowest BCUT2D eigenvalue weighted by Crippen LogP contribution is -2.33. The number of rotatable bonds is 2. The molecule has 11 heavy (non-hydrogen) atoms. The van der Waals surface area contributed by atoms with Gasteiger partial charge >= 0.3 is 0 Å². The molecule has 4 nitrogen and oxygen atoms in total. The summed E-state index contributed by atoms with van der Waals surface area (Å²) in [6, 6.07) is 0. The average Bonchev–Trinajstić information content (AvgIpc) is 2.37. The van der Waals surface area contributed by atoms with E-state index >= 15 is 0 Å². The Bertz CT molecular complexity index is 216. The summed E-state index contributed by atoms with van der Waals surface area (Å²) < 4.78 is 29.0. The zero-order chi connectivity index (χ0) is 8.48. The van der Waals surface area contributed by atoms with Crippen molar-refractivity contribution in [2.75, 3.05) is 27.3 Å². The zero-order valence-corrected chi connectivity index (χ0v) is 7.60. The standard InChI is InChI=1S/C6H13NO3S/c1-7(2)11(8,9)6-3-4-10-5-6/h6H,3-5H2,1-2H3/t6-/m0/s1. The van der Waals surface area contributed by atoms with Crippen LogP contribution in [0.3, 0.4) is 0 Å². The van der Waals surface area contributed by atoms with Crippen LogP contribution in [-0.4, -0.2) is 45.3 Å². The van der Waals surface area contributed by atoms with Crippen LogP contribution >= 0.6 is 0 Å². The Morgan fingerprint density at radius 2 is 2.09 bits per heavy atom. The van der Waals surface area contributed by atoms with Crippen LogP contribution in [0.4, 0.5) is 0 Å². The second-order valence-electron chi connectivity index (χ2n) is 2.81. The fraction of sp³-hybridized carbons (Fsp3) is 1.00. The molecule has 0 N–H and O–H groups in total. The van der Waals surface area contributed by atoms with Gasteiger partial charge in [0.15, 0.2) is 0 Å². The fourth-order valence-corrected chi connectivity index (χ4v) is 2.30. The number of sulfonamides is 1. The maximum absolute atomic E-state index is 11.4. The first kappa shape index (κ1) is 8.96. The molecule has 0 amide bonds. The van der Waals surface area contributed by atoms with Crippen molar-refractivity contribution in [2.24, 2.45) is 0 Å². The minimum Gasteiger partial charge on any atom is -0.380 e. The number of nitrogens with zero attached hydrogens (tertiary/aromatic N) is 1. The molecule has 5 heteroatoms. The van der Waals surface area contributed by atoms with Crippen molar-refractivity contribution in [2.45, 2.75) is 11.7 Å². The van der Waals surface area contributed by atoms with E-state index < -0.39 is 10.0 Å². The first-order valence-electron chi connectivity index (χ1n) is 3.54. The minimum absolute atomic E-state index is 0.322. The molecule has 0 unspecified atom stereocenters. The molecule has 1 fully saturated rings. The van der Waals surface area contributed by atoms with Crippen molar-refractivity contribution in [3.63, 3.8) is 0 Å². The van der Waals surface area contributed by atoms with Gasteiger partial charge in [0, 0.05) is 20.7 Å². The zero-order valence-electron chi connectivity index (χ0n) is 6.78. The minimum atomic E-state index is -3.07. The molecule has 0 aromatic heterocycles. The summed E-state index contributed by atoms with van der Waals surface area (Å²) in [6.45, 7) is 0.915. The monoisotopic (exact) mass is 179 g/mol. The summed E-state index contributed by atoms with van der Waals surface area (Å²) in [7, 11) is 0.0302. The van der Waals surface area contributed by atoms with Crippen LogP contribution in [-0.2, 0) is 14.8 Å². The van der Waals surface area contributed by atoms with Crippen LogP contribution in [0, 0.1) is 0 Å². The maximum atomic E-state index is 11.4. The highest BCUT2D eigenvalue weighted by atomic mass is 32.2. The van der Waals surface area contributed by atoms with Crippen molar-refractivity contribution in [3.05, 3.63) is 0 Å². The Labute approximate surface area is 67.2 Å². The van der Waals surface area contributed by atoms with Gasteiger partial charge in [0.25, 0.3) is 0 Å². The maximum Gasteiger partial charge on any atom is 0.218 e. The first-order valence-corrected chi connectivity index (χ1v) is 5.04. The largest absolute Gasteiger partial charge is 0.380 e. The predicted molar refractivity (Wildman–Crippen MR) is 41.8 cm³/mol. The molecule has 1 aliphatic rings. The van der Waals surface area contributed by atoms with Gasteiger partial charge in [-0.2, -0.15) is 0 Å². The van der Waals surface area contributed by atoms with Crippen LogP contribution in [0.25, 0.3) is 0 Å². The Balaban J connectivity index is 2.72. The number of hydrogen-bond acceptors (Lipinski definition) is 3. The van der Waals surface area contributed by atoms with E-state index in [1.54, 1.807) is 14.1 Å². The molecule has 0 bridgehead atoms. The van der Waals surface area contributed by atoms with Crippen LogP contribution in [0.1, 0.15) is 6.42 Å². The molecule has 0 radical (unpaired) electrons. The molecule has 1 saturated heterocycles. The van der Waals surface area contributed by atoms with Gasteiger partial charge in [-0.25, -0.2) is 12.7 Å². The molecule has 1 atom stereocenters. The summed E-state index contributed by atoms with van der Waals surface area (Å²) in [5.74, 6) is 0. The van der Waals surface area contributed by atoms with E-state index in [0.29, 0.717) is 19.6 Å². The van der Waals surface area contributed by atoms with Gasteiger partial charge in [0.2, 0.25) is 10.0 Å². The van der Waals surface area contributed by atoms with Gasteiger partial charge in [-0.1, -0.05) is 0 Å². The smallest absolute Gasteiger partial charge is 0.218 e. The van der Waals surface area contributed by atoms with Gasteiger partial charge < -0.3 is 4.74 Å². The topological polar surface area (TPSA) is 46.6 Å². The van der Waals surface area contributed by atoms with Crippen molar-refractivity contribution >= 4 is 10.0 Å². The lowest BCUT2D eigenvalue weighted by molar-refractivity contribution is 0.198. The summed E-state index contributed by atoms with van der Waals surface area (Å²) in [5.41, 5.74) is 0. The molecule has 1 aliphatic heterocycles. The van der Waals surface area contributed by atoms with E-state index in [1.165, 1.54) is 4.31 Å². The van der Waals surface area contributed by atoms with Crippen molar-refractivity contribution in [1.29, 1.82) is 0 Å². The quantitative estimate of drug-likeness (QED) is 0.583. The van der Waals surface area contributed by atoms with Crippen LogP contribution in [0.5, 0.6) is 0 Å². The van der Waals surface area contributed by atoms with Crippen LogP contribution in [0.2, 0.25) is 0 Å². The van der Waals surface area contributed by atoms with E-state index in [-0.39, 0.29) is 5.25 Å². The Morgan fingerprint density at radius 1 is 1.45 bits per heavy atom. The number of ether oxygens (including phenoxy) is 1.